The van der Waals surface area contributed by atoms with Gasteiger partial charge in [-0.15, -0.1) is 0 Å². The van der Waals surface area contributed by atoms with Crippen LogP contribution in [0.3, 0.4) is 0 Å². The van der Waals surface area contributed by atoms with E-state index in [1.54, 1.807) is 6.07 Å². The van der Waals surface area contributed by atoms with Crippen LogP contribution in [-0.2, 0) is 4.79 Å². The van der Waals surface area contributed by atoms with Crippen LogP contribution in [0.1, 0.15) is 31.4 Å². The van der Waals surface area contributed by atoms with Crippen molar-refractivity contribution in [2.24, 2.45) is 0 Å². The first-order valence-corrected chi connectivity index (χ1v) is 8.23. The third-order valence-corrected chi connectivity index (χ3v) is 4.77. The number of hydrogen-bond acceptors (Lipinski definition) is 2. The number of benzene rings is 2. The highest BCUT2D eigenvalue weighted by Crippen LogP contribution is 2.33. The highest BCUT2D eigenvalue weighted by atomic mass is 35.5. The summed E-state index contributed by atoms with van der Waals surface area (Å²) in [6.07, 6.45) is 1.16. The Balaban J connectivity index is 1.95. The molecule has 23 heavy (non-hydrogen) atoms. The van der Waals surface area contributed by atoms with Gasteiger partial charge in [0.2, 0.25) is 0 Å². The largest absolute Gasteiger partial charge is 0.300 e. The fourth-order valence-electron chi connectivity index (χ4n) is 3.13. The van der Waals surface area contributed by atoms with E-state index < -0.39 is 0 Å². The Morgan fingerprint density at radius 1 is 1.09 bits per heavy atom. The van der Waals surface area contributed by atoms with Gasteiger partial charge in [-0.2, -0.15) is 0 Å². The molecule has 1 aliphatic rings. The Morgan fingerprint density at radius 3 is 2.39 bits per heavy atom. The molecule has 0 amide bonds. The molecule has 0 bridgehead atoms. The van der Waals surface area contributed by atoms with Crippen molar-refractivity contribution in [2.45, 2.75) is 25.8 Å². The van der Waals surface area contributed by atoms with Gasteiger partial charge < -0.3 is 0 Å². The van der Waals surface area contributed by atoms with Crippen molar-refractivity contribution in [3.63, 3.8) is 0 Å². The second-order valence-electron chi connectivity index (χ2n) is 5.99. The van der Waals surface area contributed by atoms with Gasteiger partial charge in [-0.25, -0.2) is 4.39 Å². The molecule has 1 heterocycles. The van der Waals surface area contributed by atoms with Gasteiger partial charge in [0, 0.05) is 37.0 Å². The summed E-state index contributed by atoms with van der Waals surface area (Å²) < 4.78 is 13.8. The lowest BCUT2D eigenvalue weighted by Crippen LogP contribution is -2.36. The van der Waals surface area contributed by atoms with Gasteiger partial charge >= 0.3 is 0 Å². The molecule has 120 valence electrons. The molecule has 0 N–H and O–H groups in total. The molecule has 1 saturated heterocycles. The normalized spacial score (nSPS) is 17.3. The minimum atomic E-state index is -0.238. The fraction of sp³-hybridized carbons (Fsp3) is 0.316. The predicted octanol–water partition coefficient (Wildman–Crippen LogP) is 4.87. The van der Waals surface area contributed by atoms with Crippen LogP contribution >= 0.6 is 11.6 Å². The summed E-state index contributed by atoms with van der Waals surface area (Å²) in [4.78, 5) is 13.7. The zero-order chi connectivity index (χ0) is 16.4. The molecule has 0 radical (unpaired) electrons. The summed E-state index contributed by atoms with van der Waals surface area (Å²) in [5.41, 5.74) is 2.97. The number of carbonyl (C=O) groups excluding carboxylic acids is 1. The Kier molecular flexibility index (Phi) is 4.79. The molecule has 1 atom stereocenters. The number of piperidine rings is 1. The first-order chi connectivity index (χ1) is 11.0. The van der Waals surface area contributed by atoms with Crippen LogP contribution in [0.15, 0.2) is 42.5 Å². The van der Waals surface area contributed by atoms with Gasteiger partial charge in [-0.1, -0.05) is 29.8 Å². The fourth-order valence-corrected chi connectivity index (χ4v) is 3.25. The topological polar surface area (TPSA) is 20.3 Å². The number of halogens is 2. The average Bonchev–Trinajstić information content (AvgIpc) is 2.56. The summed E-state index contributed by atoms with van der Waals surface area (Å²) in [5.74, 6) is 0.0725. The Morgan fingerprint density at radius 2 is 1.74 bits per heavy atom. The zero-order valence-electron chi connectivity index (χ0n) is 13.1. The number of hydrogen-bond donors (Lipinski definition) is 0. The molecular formula is C19H19ClFNO. The molecule has 0 saturated carbocycles. The zero-order valence-corrected chi connectivity index (χ0v) is 13.8. The minimum absolute atomic E-state index is 0.0597. The maximum absolute atomic E-state index is 13.8. The lowest BCUT2D eigenvalue weighted by molar-refractivity contribution is -0.121. The van der Waals surface area contributed by atoms with Crippen LogP contribution in [0.25, 0.3) is 11.1 Å². The van der Waals surface area contributed by atoms with Crippen LogP contribution < -0.4 is 0 Å². The number of nitrogens with zero attached hydrogens (tertiary/aromatic N) is 1. The molecule has 2 aromatic rings. The number of Topliss-reactive ketones (excluding diaryl/α,β-unsaturated/α-hetero) is 1. The van der Waals surface area contributed by atoms with Gasteiger partial charge in [-0.3, -0.25) is 9.69 Å². The number of ketones is 1. The van der Waals surface area contributed by atoms with E-state index in [1.807, 2.05) is 30.3 Å². The molecule has 0 unspecified atom stereocenters. The highest BCUT2D eigenvalue weighted by Gasteiger charge is 2.24. The number of carbonyl (C=O) groups is 1. The molecule has 3 rings (SSSR count). The van der Waals surface area contributed by atoms with Crippen LogP contribution in [0.2, 0.25) is 5.02 Å². The second-order valence-corrected chi connectivity index (χ2v) is 6.43. The molecule has 0 spiro atoms. The van der Waals surface area contributed by atoms with E-state index in [2.05, 4.69) is 11.8 Å². The lowest BCUT2D eigenvalue weighted by atomic mass is 9.93. The van der Waals surface area contributed by atoms with Gasteiger partial charge in [-0.05, 0) is 47.9 Å². The molecule has 0 aromatic heterocycles. The molecule has 0 aliphatic carbocycles. The maximum atomic E-state index is 13.8. The Hall–Kier alpha value is -1.71. The molecule has 1 fully saturated rings. The molecule has 4 heteroatoms. The first kappa shape index (κ1) is 16.2. The van der Waals surface area contributed by atoms with Gasteiger partial charge in [0.05, 0.1) is 0 Å². The van der Waals surface area contributed by atoms with Crippen LogP contribution in [0.5, 0.6) is 0 Å². The van der Waals surface area contributed by atoms with Crippen molar-refractivity contribution >= 4 is 17.4 Å². The number of likely N-dealkylation sites (tertiary alicyclic amines) is 1. The average molecular weight is 332 g/mol. The van der Waals surface area contributed by atoms with Crippen LogP contribution in [0, 0.1) is 5.82 Å². The van der Waals surface area contributed by atoms with Crippen molar-refractivity contribution in [2.75, 3.05) is 13.1 Å². The van der Waals surface area contributed by atoms with Crippen molar-refractivity contribution in [1.82, 2.24) is 4.90 Å². The van der Waals surface area contributed by atoms with Gasteiger partial charge in [0.1, 0.15) is 11.6 Å². The standard InChI is InChI=1S/C19H19ClFNO/c1-13(22-10-8-17(23)9-11-22)19-12-16(21)6-7-18(19)14-2-4-15(20)5-3-14/h2-7,12-13H,8-11H2,1H3/t13-/m0/s1. The molecular weight excluding hydrogens is 313 g/mol. The summed E-state index contributed by atoms with van der Waals surface area (Å²) in [6, 6.07) is 12.5. The van der Waals surface area contributed by atoms with Crippen molar-refractivity contribution in [1.29, 1.82) is 0 Å². The summed E-state index contributed by atoms with van der Waals surface area (Å²) in [5, 5.41) is 0.681. The van der Waals surface area contributed by atoms with Crippen LogP contribution in [0.4, 0.5) is 4.39 Å². The van der Waals surface area contributed by atoms with Crippen LogP contribution in [-0.4, -0.2) is 23.8 Å². The SMILES string of the molecule is C[C@@H](c1cc(F)ccc1-c1ccc(Cl)cc1)N1CCC(=O)CC1. The second kappa shape index (κ2) is 6.81. The van der Waals surface area contributed by atoms with E-state index in [0.29, 0.717) is 23.6 Å². The van der Waals surface area contributed by atoms with E-state index in [9.17, 15) is 9.18 Å². The third kappa shape index (κ3) is 3.62. The molecule has 2 aromatic carbocycles. The monoisotopic (exact) mass is 331 g/mol. The quantitative estimate of drug-likeness (QED) is 0.799. The summed E-state index contributed by atoms with van der Waals surface area (Å²) in [6.45, 7) is 3.54. The lowest BCUT2D eigenvalue weighted by Gasteiger charge is -2.33. The van der Waals surface area contributed by atoms with E-state index >= 15 is 0 Å². The number of rotatable bonds is 3. The van der Waals surface area contributed by atoms with E-state index in [4.69, 9.17) is 11.6 Å². The third-order valence-electron chi connectivity index (χ3n) is 4.52. The van der Waals surface area contributed by atoms with Crippen molar-refractivity contribution < 1.29 is 9.18 Å². The van der Waals surface area contributed by atoms with E-state index in [-0.39, 0.29) is 11.9 Å². The Bertz CT molecular complexity index is 704. The Labute approximate surface area is 140 Å². The minimum Gasteiger partial charge on any atom is -0.300 e. The molecule has 2 nitrogen and oxygen atoms in total. The summed E-state index contributed by atoms with van der Waals surface area (Å²) >= 11 is 5.96. The van der Waals surface area contributed by atoms with Gasteiger partial charge in [0.15, 0.2) is 0 Å². The summed E-state index contributed by atoms with van der Waals surface area (Å²) in [7, 11) is 0. The van der Waals surface area contributed by atoms with Gasteiger partial charge in [0.25, 0.3) is 0 Å². The maximum Gasteiger partial charge on any atom is 0.135 e. The van der Waals surface area contributed by atoms with Crippen molar-refractivity contribution in [3.05, 3.63) is 58.9 Å². The van der Waals surface area contributed by atoms with E-state index in [1.165, 1.54) is 6.07 Å². The first-order valence-electron chi connectivity index (χ1n) is 7.86. The predicted molar refractivity (Wildman–Crippen MR) is 91.1 cm³/mol. The van der Waals surface area contributed by atoms with E-state index in [0.717, 1.165) is 29.8 Å². The smallest absolute Gasteiger partial charge is 0.135 e. The highest BCUT2D eigenvalue weighted by molar-refractivity contribution is 6.30. The molecule has 1 aliphatic heterocycles. The van der Waals surface area contributed by atoms with Crippen molar-refractivity contribution in [3.8, 4) is 11.1 Å².